The SMILES string of the molecule is CC(C)C[C@@H](C(=O)OC(Cc1ccc(C(C)(C)C)cc1)C(=O)O)N(C)C(=O)OC(C)(C)C. The van der Waals surface area contributed by atoms with Gasteiger partial charge in [-0.05, 0) is 49.7 Å². The third-order valence-electron chi connectivity index (χ3n) is 4.89. The molecule has 7 nitrogen and oxygen atoms in total. The number of carboxylic acids is 1. The van der Waals surface area contributed by atoms with Crippen molar-refractivity contribution < 1.29 is 29.0 Å². The number of esters is 1. The lowest BCUT2D eigenvalue weighted by atomic mass is 9.86. The van der Waals surface area contributed by atoms with E-state index in [9.17, 15) is 19.5 Å². The molecule has 0 fully saturated rings. The van der Waals surface area contributed by atoms with Gasteiger partial charge >= 0.3 is 18.0 Å². The number of rotatable bonds is 8. The zero-order chi connectivity index (χ0) is 24.9. The van der Waals surface area contributed by atoms with Crippen LogP contribution in [0.2, 0.25) is 0 Å². The number of amides is 1. The molecule has 32 heavy (non-hydrogen) atoms. The molecule has 180 valence electrons. The summed E-state index contributed by atoms with van der Waals surface area (Å²) in [6.45, 7) is 15.3. The van der Waals surface area contributed by atoms with Gasteiger partial charge in [0.25, 0.3) is 0 Å². The molecule has 1 aromatic rings. The van der Waals surface area contributed by atoms with Crippen molar-refractivity contribution in [2.45, 2.75) is 91.4 Å². The van der Waals surface area contributed by atoms with Gasteiger partial charge in [0.05, 0.1) is 0 Å². The number of nitrogens with zero attached hydrogens (tertiary/aromatic N) is 1. The minimum atomic E-state index is -1.36. The fourth-order valence-corrected chi connectivity index (χ4v) is 3.07. The first kappa shape index (κ1) is 27.5. The summed E-state index contributed by atoms with van der Waals surface area (Å²) in [7, 11) is 1.46. The lowest BCUT2D eigenvalue weighted by Crippen LogP contribution is -2.47. The summed E-state index contributed by atoms with van der Waals surface area (Å²) in [5.74, 6) is -1.92. The molecule has 1 amide bonds. The van der Waals surface area contributed by atoms with Crippen LogP contribution in [0.5, 0.6) is 0 Å². The summed E-state index contributed by atoms with van der Waals surface area (Å²) in [5, 5.41) is 9.65. The Labute approximate surface area is 192 Å². The standard InChI is InChI=1S/C25H39NO6/c1-16(2)14-19(26(9)23(30)32-25(6,7)8)22(29)31-20(21(27)28)15-17-10-12-18(13-11-17)24(3,4)5/h10-13,16,19-20H,14-15H2,1-9H3,(H,27,28)/t19-,20?/m0/s1. The van der Waals surface area contributed by atoms with E-state index >= 15 is 0 Å². The van der Waals surface area contributed by atoms with Gasteiger partial charge in [0.2, 0.25) is 6.10 Å². The Bertz CT molecular complexity index is 786. The summed E-state index contributed by atoms with van der Waals surface area (Å²) in [6, 6.07) is 6.66. The van der Waals surface area contributed by atoms with Crippen molar-refractivity contribution in [3.63, 3.8) is 0 Å². The Morgan fingerprint density at radius 2 is 1.53 bits per heavy atom. The van der Waals surface area contributed by atoms with E-state index in [0.717, 1.165) is 11.1 Å². The Kier molecular flexibility index (Phi) is 9.30. The van der Waals surface area contributed by atoms with Gasteiger partial charge in [0.15, 0.2) is 0 Å². The second-order valence-corrected chi connectivity index (χ2v) is 10.7. The first-order chi connectivity index (χ1) is 14.5. The number of hydrogen-bond acceptors (Lipinski definition) is 5. The third kappa shape index (κ3) is 8.89. The fraction of sp³-hybridized carbons (Fsp3) is 0.640. The van der Waals surface area contributed by atoms with Crippen molar-refractivity contribution in [1.82, 2.24) is 4.90 Å². The van der Waals surface area contributed by atoms with E-state index in [1.165, 1.54) is 11.9 Å². The molecule has 2 atom stereocenters. The Morgan fingerprint density at radius 3 is 1.94 bits per heavy atom. The number of carbonyl (C=O) groups excluding carboxylic acids is 2. The highest BCUT2D eigenvalue weighted by atomic mass is 16.6. The molecule has 7 heteroatoms. The Hall–Kier alpha value is -2.57. The summed E-state index contributed by atoms with van der Waals surface area (Å²) in [4.78, 5) is 38.4. The minimum Gasteiger partial charge on any atom is -0.478 e. The van der Waals surface area contributed by atoms with Gasteiger partial charge in [-0.3, -0.25) is 4.90 Å². The maximum Gasteiger partial charge on any atom is 0.410 e. The van der Waals surface area contributed by atoms with Gasteiger partial charge < -0.3 is 14.6 Å². The van der Waals surface area contributed by atoms with Crippen LogP contribution in [0.3, 0.4) is 0 Å². The molecule has 1 rings (SSSR count). The average molecular weight is 450 g/mol. The lowest BCUT2D eigenvalue weighted by Gasteiger charge is -2.31. The van der Waals surface area contributed by atoms with E-state index in [1.54, 1.807) is 20.8 Å². The smallest absolute Gasteiger partial charge is 0.410 e. The second kappa shape index (κ2) is 10.8. The quantitative estimate of drug-likeness (QED) is 0.573. The maximum absolute atomic E-state index is 12.9. The van der Waals surface area contributed by atoms with Crippen molar-refractivity contribution in [1.29, 1.82) is 0 Å². The van der Waals surface area contributed by atoms with Crippen LogP contribution in [0, 0.1) is 5.92 Å². The van der Waals surface area contributed by atoms with E-state index in [1.807, 2.05) is 38.1 Å². The molecular formula is C25H39NO6. The third-order valence-corrected chi connectivity index (χ3v) is 4.89. The highest BCUT2D eigenvalue weighted by Crippen LogP contribution is 2.23. The fourth-order valence-electron chi connectivity index (χ4n) is 3.07. The number of carbonyl (C=O) groups is 3. The highest BCUT2D eigenvalue weighted by Gasteiger charge is 2.34. The van der Waals surface area contributed by atoms with Crippen molar-refractivity contribution in [2.24, 2.45) is 5.92 Å². The zero-order valence-electron chi connectivity index (χ0n) is 20.9. The molecule has 0 bridgehead atoms. The van der Waals surface area contributed by atoms with Gasteiger partial charge in [-0.2, -0.15) is 0 Å². The average Bonchev–Trinajstić information content (AvgIpc) is 2.63. The van der Waals surface area contributed by atoms with Crippen LogP contribution in [0.15, 0.2) is 24.3 Å². The second-order valence-electron chi connectivity index (χ2n) is 10.7. The van der Waals surface area contributed by atoms with Gasteiger partial charge in [-0.15, -0.1) is 0 Å². The monoisotopic (exact) mass is 449 g/mol. The van der Waals surface area contributed by atoms with E-state index < -0.39 is 35.8 Å². The molecule has 0 heterocycles. The molecule has 0 saturated carbocycles. The van der Waals surface area contributed by atoms with Crippen LogP contribution < -0.4 is 0 Å². The highest BCUT2D eigenvalue weighted by molar-refractivity contribution is 5.84. The van der Waals surface area contributed by atoms with E-state index in [-0.39, 0.29) is 17.8 Å². The van der Waals surface area contributed by atoms with Gasteiger partial charge in [0.1, 0.15) is 11.6 Å². The molecule has 0 aliphatic carbocycles. The van der Waals surface area contributed by atoms with Crippen LogP contribution in [0.4, 0.5) is 4.79 Å². The Balaban J connectivity index is 3.00. The number of aliphatic carboxylic acids is 1. The van der Waals surface area contributed by atoms with Crippen LogP contribution in [0.1, 0.15) is 72.9 Å². The molecule has 0 saturated heterocycles. The van der Waals surface area contributed by atoms with Crippen molar-refractivity contribution in [3.8, 4) is 0 Å². The number of hydrogen-bond donors (Lipinski definition) is 1. The van der Waals surface area contributed by atoms with Gasteiger partial charge in [-0.25, -0.2) is 14.4 Å². The minimum absolute atomic E-state index is 0.0203. The van der Waals surface area contributed by atoms with E-state index in [0.29, 0.717) is 6.42 Å². The summed E-state index contributed by atoms with van der Waals surface area (Å²) in [5.41, 5.74) is 1.13. The molecule has 0 radical (unpaired) electrons. The molecule has 0 aliphatic heterocycles. The van der Waals surface area contributed by atoms with E-state index in [2.05, 4.69) is 20.8 Å². The van der Waals surface area contributed by atoms with Gasteiger partial charge in [-0.1, -0.05) is 58.9 Å². The molecule has 1 unspecified atom stereocenters. The normalized spacial score (nSPS) is 13.9. The van der Waals surface area contributed by atoms with Crippen molar-refractivity contribution in [3.05, 3.63) is 35.4 Å². The first-order valence-electron chi connectivity index (χ1n) is 11.0. The lowest BCUT2D eigenvalue weighted by molar-refractivity contribution is -0.167. The molecule has 0 aliphatic rings. The molecule has 1 N–H and O–H groups in total. The van der Waals surface area contributed by atoms with Crippen LogP contribution in [-0.2, 0) is 30.9 Å². The number of likely N-dealkylation sites (N-methyl/N-ethyl adjacent to an activating group) is 1. The zero-order valence-corrected chi connectivity index (χ0v) is 20.9. The largest absolute Gasteiger partial charge is 0.478 e. The number of benzene rings is 1. The first-order valence-corrected chi connectivity index (χ1v) is 11.0. The topological polar surface area (TPSA) is 93.1 Å². The summed E-state index contributed by atoms with van der Waals surface area (Å²) < 4.78 is 10.8. The van der Waals surface area contributed by atoms with Crippen LogP contribution in [0.25, 0.3) is 0 Å². The van der Waals surface area contributed by atoms with Crippen molar-refractivity contribution in [2.75, 3.05) is 7.05 Å². The predicted octanol–water partition coefficient (Wildman–Crippen LogP) is 4.80. The molecule has 1 aromatic carbocycles. The van der Waals surface area contributed by atoms with E-state index in [4.69, 9.17) is 9.47 Å². The van der Waals surface area contributed by atoms with Crippen molar-refractivity contribution >= 4 is 18.0 Å². The number of carboxylic acid groups (broad SMARTS) is 1. The molecule has 0 aromatic heterocycles. The van der Waals surface area contributed by atoms with Crippen LogP contribution >= 0.6 is 0 Å². The molecule has 0 spiro atoms. The predicted molar refractivity (Wildman–Crippen MR) is 124 cm³/mol. The molecular weight excluding hydrogens is 410 g/mol. The maximum atomic E-state index is 12.9. The number of ether oxygens (including phenoxy) is 2. The summed E-state index contributed by atoms with van der Waals surface area (Å²) in [6.07, 6.45) is -1.66. The van der Waals surface area contributed by atoms with Gasteiger partial charge in [0, 0.05) is 13.5 Å². The summed E-state index contributed by atoms with van der Waals surface area (Å²) >= 11 is 0. The van der Waals surface area contributed by atoms with Crippen LogP contribution in [-0.4, -0.2) is 52.8 Å². The Morgan fingerprint density at radius 1 is 1.00 bits per heavy atom.